The van der Waals surface area contributed by atoms with Crippen molar-refractivity contribution < 1.29 is 30.8 Å². The molecule has 0 unspecified atom stereocenters. The predicted octanol–water partition coefficient (Wildman–Crippen LogP) is 3.33. The number of nitrogens with one attached hydrogen (secondary N) is 2. The molecular formula is C23H20F5N7O3. The number of aromatic amines is 1. The van der Waals surface area contributed by atoms with E-state index in [9.17, 15) is 31.5 Å². The molecule has 4 rings (SSSR count). The van der Waals surface area contributed by atoms with Crippen LogP contribution >= 0.6 is 0 Å². The summed E-state index contributed by atoms with van der Waals surface area (Å²) in [4.78, 5) is 36.4. The molecule has 0 spiro atoms. The van der Waals surface area contributed by atoms with Gasteiger partial charge in [0, 0.05) is 12.5 Å². The van der Waals surface area contributed by atoms with Gasteiger partial charge in [0.25, 0.3) is 11.1 Å². The number of aromatic nitrogens is 6. The van der Waals surface area contributed by atoms with E-state index in [1.165, 1.54) is 13.0 Å². The van der Waals surface area contributed by atoms with E-state index in [1.807, 2.05) is 0 Å². The summed E-state index contributed by atoms with van der Waals surface area (Å²) in [6.45, 7) is 0.848. The minimum atomic E-state index is -4.98. The molecule has 0 radical (unpaired) electrons. The van der Waals surface area contributed by atoms with Crippen molar-refractivity contribution in [2.24, 2.45) is 0 Å². The quantitative estimate of drug-likeness (QED) is 0.326. The van der Waals surface area contributed by atoms with Crippen molar-refractivity contribution in [2.75, 3.05) is 12.4 Å². The number of rotatable bonds is 8. The molecule has 2 atom stereocenters. The third kappa shape index (κ3) is 5.60. The number of hydrogen-bond acceptors (Lipinski definition) is 8. The molecule has 15 heteroatoms. The maximum absolute atomic E-state index is 14.9. The number of H-pyrrole nitrogens is 1. The summed E-state index contributed by atoms with van der Waals surface area (Å²) >= 11 is 0. The SMILES string of the molecule is [2H]C([2H])([2H])Oc1cnc(-c2cc3ncn(C[C@@H](F)C[C@@H](C)Nc4cn[nH]c(=O)c4C(F)(F)F)c(=O)c3cc2F)nc1. The summed E-state index contributed by atoms with van der Waals surface area (Å²) < 4.78 is 96.3. The van der Waals surface area contributed by atoms with Gasteiger partial charge in [0.2, 0.25) is 0 Å². The Morgan fingerprint density at radius 2 is 1.92 bits per heavy atom. The molecule has 4 aromatic rings. The van der Waals surface area contributed by atoms with Gasteiger partial charge in [-0.25, -0.2) is 28.8 Å². The smallest absolute Gasteiger partial charge is 0.423 e. The standard InChI is InChI=1S/C23H20F5N7O3/c1-11(33-18-8-32-34-21(36)19(18)23(26,27)28)3-12(24)9-35-10-31-17-5-14(16(25)4-15(17)22(35)37)20-29-6-13(38-2)7-30-20/h4-8,10-12H,3,9H2,1-2H3,(H2,33,34,36)/t11-,12+/m1/s1/i2D3. The Kier molecular flexibility index (Phi) is 6.29. The van der Waals surface area contributed by atoms with Gasteiger partial charge in [0.05, 0.1) is 64.8 Å². The minimum absolute atomic E-state index is 0.0426. The van der Waals surface area contributed by atoms with Crippen molar-refractivity contribution in [1.29, 1.82) is 0 Å². The van der Waals surface area contributed by atoms with Gasteiger partial charge in [-0.1, -0.05) is 0 Å². The molecule has 0 bridgehead atoms. The van der Waals surface area contributed by atoms with E-state index in [4.69, 9.17) is 4.11 Å². The van der Waals surface area contributed by atoms with Crippen LogP contribution in [0.15, 0.2) is 46.6 Å². The molecule has 200 valence electrons. The summed E-state index contributed by atoms with van der Waals surface area (Å²) in [5, 5.41) is 7.27. The maximum Gasteiger partial charge on any atom is 0.423 e. The van der Waals surface area contributed by atoms with Gasteiger partial charge in [-0.3, -0.25) is 14.2 Å². The van der Waals surface area contributed by atoms with Crippen LogP contribution in [-0.4, -0.2) is 49.0 Å². The number of halogens is 5. The number of hydrogen-bond donors (Lipinski definition) is 2. The number of ether oxygens (including phenoxy) is 1. The van der Waals surface area contributed by atoms with Gasteiger partial charge in [0.15, 0.2) is 11.6 Å². The average molecular weight is 540 g/mol. The second kappa shape index (κ2) is 10.5. The maximum atomic E-state index is 14.9. The van der Waals surface area contributed by atoms with Gasteiger partial charge >= 0.3 is 6.18 Å². The summed E-state index contributed by atoms with van der Waals surface area (Å²) in [6, 6.07) is 1.17. The van der Waals surface area contributed by atoms with E-state index in [0.29, 0.717) is 0 Å². The van der Waals surface area contributed by atoms with Crippen molar-refractivity contribution in [3.8, 4) is 17.1 Å². The third-order valence-corrected chi connectivity index (χ3v) is 5.45. The van der Waals surface area contributed by atoms with Crippen LogP contribution in [0, 0.1) is 5.82 Å². The lowest BCUT2D eigenvalue weighted by atomic mass is 10.1. The Bertz CT molecular complexity index is 1680. The zero-order chi connectivity index (χ0) is 30.1. The summed E-state index contributed by atoms with van der Waals surface area (Å²) in [6.07, 6.45) is -3.20. The van der Waals surface area contributed by atoms with Crippen LogP contribution in [0.2, 0.25) is 0 Å². The van der Waals surface area contributed by atoms with Gasteiger partial charge in [-0.05, 0) is 19.1 Å². The van der Waals surface area contributed by atoms with Crippen LogP contribution in [0.4, 0.5) is 27.6 Å². The molecule has 0 aliphatic heterocycles. The van der Waals surface area contributed by atoms with Crippen molar-refractivity contribution in [3.63, 3.8) is 0 Å². The van der Waals surface area contributed by atoms with E-state index in [-0.39, 0.29) is 34.5 Å². The Morgan fingerprint density at radius 3 is 2.61 bits per heavy atom. The van der Waals surface area contributed by atoms with Gasteiger partial charge in [-0.2, -0.15) is 18.3 Å². The number of anilines is 1. The lowest BCUT2D eigenvalue weighted by molar-refractivity contribution is -0.138. The van der Waals surface area contributed by atoms with Crippen molar-refractivity contribution in [2.45, 2.75) is 38.3 Å². The molecule has 3 aromatic heterocycles. The minimum Gasteiger partial charge on any atom is -0.494 e. The highest BCUT2D eigenvalue weighted by atomic mass is 19.4. The highest BCUT2D eigenvalue weighted by molar-refractivity contribution is 5.82. The predicted molar refractivity (Wildman–Crippen MR) is 126 cm³/mol. The fourth-order valence-electron chi connectivity index (χ4n) is 3.77. The van der Waals surface area contributed by atoms with Gasteiger partial charge in [-0.15, -0.1) is 0 Å². The largest absolute Gasteiger partial charge is 0.494 e. The molecule has 38 heavy (non-hydrogen) atoms. The lowest BCUT2D eigenvalue weighted by Gasteiger charge is -2.20. The first-order valence-electron chi connectivity index (χ1n) is 12.4. The van der Waals surface area contributed by atoms with E-state index in [0.717, 1.165) is 35.6 Å². The van der Waals surface area contributed by atoms with Gasteiger partial charge in [0.1, 0.15) is 17.6 Å². The van der Waals surface area contributed by atoms with Crippen molar-refractivity contribution in [1.82, 2.24) is 29.7 Å². The summed E-state index contributed by atoms with van der Waals surface area (Å²) in [7, 11) is -2.73. The van der Waals surface area contributed by atoms with Crippen LogP contribution < -0.4 is 21.2 Å². The molecule has 2 N–H and O–H groups in total. The number of nitrogens with zero attached hydrogens (tertiary/aromatic N) is 5. The topological polar surface area (TPSA) is 128 Å². The monoisotopic (exact) mass is 540 g/mol. The lowest BCUT2D eigenvalue weighted by Crippen LogP contribution is -2.30. The molecule has 0 fully saturated rings. The molecule has 3 heterocycles. The number of benzene rings is 1. The zero-order valence-electron chi connectivity index (χ0n) is 22.4. The van der Waals surface area contributed by atoms with E-state index < -0.39 is 60.2 Å². The van der Waals surface area contributed by atoms with Gasteiger partial charge < -0.3 is 10.1 Å². The fourth-order valence-corrected chi connectivity index (χ4v) is 3.77. The Balaban J connectivity index is 1.50. The Hall–Kier alpha value is -4.43. The summed E-state index contributed by atoms with van der Waals surface area (Å²) in [5.74, 6) is -1.21. The second-order valence-electron chi connectivity index (χ2n) is 8.26. The Morgan fingerprint density at radius 1 is 1.18 bits per heavy atom. The van der Waals surface area contributed by atoms with Crippen LogP contribution in [-0.2, 0) is 12.7 Å². The zero-order valence-corrected chi connectivity index (χ0v) is 19.4. The normalized spacial score (nSPS) is 14.8. The van der Waals surface area contributed by atoms with Crippen molar-refractivity contribution >= 4 is 16.6 Å². The second-order valence-corrected chi connectivity index (χ2v) is 8.26. The average Bonchev–Trinajstić information content (AvgIpc) is 2.84. The van der Waals surface area contributed by atoms with Crippen LogP contribution in [0.3, 0.4) is 0 Å². The molecule has 0 saturated heterocycles. The first-order chi connectivity index (χ1) is 19.1. The number of fused-ring (bicyclic) bond motifs is 1. The van der Waals surface area contributed by atoms with Crippen molar-refractivity contribution in [3.05, 3.63) is 69.1 Å². The number of methoxy groups -OCH3 is 1. The molecular weight excluding hydrogens is 517 g/mol. The fraction of sp³-hybridized carbons (Fsp3) is 0.304. The first kappa shape index (κ1) is 22.7. The molecule has 1 aromatic carbocycles. The molecule has 0 amide bonds. The van der Waals surface area contributed by atoms with Crippen LogP contribution in [0.1, 0.15) is 23.0 Å². The van der Waals surface area contributed by atoms with Crippen LogP contribution in [0.25, 0.3) is 22.3 Å². The Labute approximate surface area is 214 Å². The molecule has 0 aliphatic rings. The molecule has 10 nitrogen and oxygen atoms in total. The van der Waals surface area contributed by atoms with E-state index >= 15 is 0 Å². The summed E-state index contributed by atoms with van der Waals surface area (Å²) in [5.41, 5.74) is -4.46. The molecule has 0 aliphatic carbocycles. The molecule has 0 saturated carbocycles. The number of alkyl halides is 4. The van der Waals surface area contributed by atoms with E-state index in [2.05, 4.69) is 30.1 Å². The highest BCUT2D eigenvalue weighted by Crippen LogP contribution is 2.32. The van der Waals surface area contributed by atoms with E-state index in [1.54, 1.807) is 5.10 Å². The van der Waals surface area contributed by atoms with Crippen LogP contribution in [0.5, 0.6) is 5.75 Å². The first-order valence-corrected chi connectivity index (χ1v) is 10.9. The highest BCUT2D eigenvalue weighted by Gasteiger charge is 2.37. The third-order valence-electron chi connectivity index (χ3n) is 5.45.